The van der Waals surface area contributed by atoms with Crippen molar-refractivity contribution < 1.29 is 4.74 Å². The van der Waals surface area contributed by atoms with Crippen LogP contribution in [0.25, 0.3) is 0 Å². The SMILES string of the molecule is CN(C)C/C=C/C1c2cc(Br)ccc2OC12CCCCCC2.Cl. The highest BCUT2D eigenvalue weighted by atomic mass is 79.9. The Kier molecular flexibility index (Phi) is 6.58. The van der Waals surface area contributed by atoms with Crippen LogP contribution >= 0.6 is 28.3 Å². The van der Waals surface area contributed by atoms with Crippen molar-refractivity contribution >= 4 is 28.3 Å². The Balaban J connectivity index is 0.00000192. The van der Waals surface area contributed by atoms with E-state index in [1.165, 1.54) is 44.1 Å². The average Bonchev–Trinajstić information content (AvgIpc) is 2.62. The Labute approximate surface area is 154 Å². The van der Waals surface area contributed by atoms with Crippen LogP contribution in [0, 0.1) is 0 Å². The number of rotatable bonds is 3. The van der Waals surface area contributed by atoms with Crippen molar-refractivity contribution in [3.8, 4) is 5.75 Å². The fourth-order valence-electron chi connectivity index (χ4n) is 3.85. The molecule has 1 aromatic rings. The summed E-state index contributed by atoms with van der Waals surface area (Å²) in [4.78, 5) is 2.20. The van der Waals surface area contributed by atoms with Gasteiger partial charge in [0.2, 0.25) is 0 Å². The molecule has 1 aromatic carbocycles. The van der Waals surface area contributed by atoms with Gasteiger partial charge in [-0.2, -0.15) is 0 Å². The van der Waals surface area contributed by atoms with Crippen LogP contribution in [0.5, 0.6) is 5.75 Å². The zero-order valence-electron chi connectivity index (χ0n) is 14.1. The predicted molar refractivity (Wildman–Crippen MR) is 103 cm³/mol. The van der Waals surface area contributed by atoms with Crippen LogP contribution in [-0.2, 0) is 0 Å². The summed E-state index contributed by atoms with van der Waals surface area (Å²) >= 11 is 3.62. The second kappa shape index (κ2) is 8.04. The van der Waals surface area contributed by atoms with Crippen LogP contribution in [0.4, 0.5) is 0 Å². The molecule has 23 heavy (non-hydrogen) atoms. The largest absolute Gasteiger partial charge is 0.486 e. The molecule has 0 aromatic heterocycles. The summed E-state index contributed by atoms with van der Waals surface area (Å²) in [6, 6.07) is 6.47. The van der Waals surface area contributed by atoms with Gasteiger partial charge in [-0.3, -0.25) is 0 Å². The number of fused-ring (bicyclic) bond motifs is 1. The average molecular weight is 401 g/mol. The third kappa shape index (κ3) is 4.12. The minimum absolute atomic E-state index is 0. The molecule has 3 rings (SSSR count). The Morgan fingerprint density at radius 2 is 1.91 bits per heavy atom. The van der Waals surface area contributed by atoms with Gasteiger partial charge in [0.1, 0.15) is 11.4 Å². The third-order valence-corrected chi connectivity index (χ3v) is 5.43. The van der Waals surface area contributed by atoms with Gasteiger partial charge in [-0.15, -0.1) is 12.4 Å². The molecule has 1 aliphatic heterocycles. The van der Waals surface area contributed by atoms with Crippen LogP contribution in [-0.4, -0.2) is 31.1 Å². The summed E-state index contributed by atoms with van der Waals surface area (Å²) in [5, 5.41) is 0. The van der Waals surface area contributed by atoms with Crippen molar-refractivity contribution in [3.05, 3.63) is 40.4 Å². The highest BCUT2D eigenvalue weighted by Crippen LogP contribution is 2.52. The molecule has 1 spiro atoms. The van der Waals surface area contributed by atoms with Crippen LogP contribution < -0.4 is 4.74 Å². The van der Waals surface area contributed by atoms with Gasteiger partial charge >= 0.3 is 0 Å². The van der Waals surface area contributed by atoms with E-state index in [2.05, 4.69) is 65.3 Å². The van der Waals surface area contributed by atoms with Crippen molar-refractivity contribution in [2.24, 2.45) is 0 Å². The van der Waals surface area contributed by atoms with Crippen LogP contribution in [0.15, 0.2) is 34.8 Å². The van der Waals surface area contributed by atoms with Crippen molar-refractivity contribution in [1.82, 2.24) is 4.90 Å². The molecule has 2 nitrogen and oxygen atoms in total. The second-order valence-electron chi connectivity index (χ2n) is 6.93. The van der Waals surface area contributed by atoms with Gasteiger partial charge in [-0.1, -0.05) is 40.9 Å². The fourth-order valence-corrected chi connectivity index (χ4v) is 4.23. The summed E-state index contributed by atoms with van der Waals surface area (Å²) < 4.78 is 7.70. The number of benzene rings is 1. The minimum atomic E-state index is -0.0115. The van der Waals surface area contributed by atoms with E-state index in [0.717, 1.165) is 16.8 Å². The molecule has 1 saturated carbocycles. The summed E-state index contributed by atoms with van der Waals surface area (Å²) in [5.74, 6) is 1.47. The van der Waals surface area contributed by atoms with Gasteiger partial charge in [0.25, 0.3) is 0 Å². The first kappa shape index (κ1) is 18.8. The van der Waals surface area contributed by atoms with E-state index in [9.17, 15) is 0 Å². The Morgan fingerprint density at radius 1 is 1.22 bits per heavy atom. The van der Waals surface area contributed by atoms with E-state index in [-0.39, 0.29) is 18.0 Å². The zero-order valence-corrected chi connectivity index (χ0v) is 16.5. The Hall–Kier alpha value is -0.510. The highest BCUT2D eigenvalue weighted by molar-refractivity contribution is 9.10. The van der Waals surface area contributed by atoms with E-state index >= 15 is 0 Å². The number of halogens is 2. The molecule has 128 valence electrons. The Bertz CT molecular complexity index is 550. The molecule has 0 saturated heterocycles. The van der Waals surface area contributed by atoms with E-state index in [4.69, 9.17) is 4.74 Å². The predicted octanol–water partition coefficient (Wildman–Crippen LogP) is 5.56. The van der Waals surface area contributed by atoms with Crippen LogP contribution in [0.2, 0.25) is 0 Å². The van der Waals surface area contributed by atoms with Gasteiger partial charge in [0.15, 0.2) is 0 Å². The van der Waals surface area contributed by atoms with Gasteiger partial charge < -0.3 is 9.64 Å². The van der Waals surface area contributed by atoms with E-state index in [1.54, 1.807) is 0 Å². The van der Waals surface area contributed by atoms with Crippen molar-refractivity contribution in [2.45, 2.75) is 50.0 Å². The lowest BCUT2D eigenvalue weighted by Crippen LogP contribution is -2.36. The lowest BCUT2D eigenvalue weighted by molar-refractivity contribution is 0.0640. The number of likely N-dealkylation sites (N-methyl/N-ethyl adjacent to an activating group) is 1. The molecule has 0 radical (unpaired) electrons. The molecular weight excluding hydrogens is 374 g/mol. The van der Waals surface area contributed by atoms with E-state index < -0.39 is 0 Å². The maximum Gasteiger partial charge on any atom is 0.124 e. The molecular formula is C19H27BrClNO. The van der Waals surface area contributed by atoms with Crippen molar-refractivity contribution in [1.29, 1.82) is 0 Å². The van der Waals surface area contributed by atoms with Gasteiger partial charge in [0, 0.05) is 22.5 Å². The molecule has 0 amide bonds. The molecule has 1 heterocycles. The van der Waals surface area contributed by atoms with Gasteiger partial charge in [-0.05, 0) is 58.0 Å². The van der Waals surface area contributed by atoms with Gasteiger partial charge in [0.05, 0.1) is 0 Å². The molecule has 1 fully saturated rings. The fraction of sp³-hybridized carbons (Fsp3) is 0.579. The summed E-state index contributed by atoms with van der Waals surface area (Å²) in [7, 11) is 4.23. The maximum atomic E-state index is 6.55. The first-order valence-electron chi connectivity index (χ1n) is 8.41. The van der Waals surface area contributed by atoms with Gasteiger partial charge in [-0.25, -0.2) is 0 Å². The molecule has 0 N–H and O–H groups in total. The smallest absolute Gasteiger partial charge is 0.124 e. The highest BCUT2D eigenvalue weighted by Gasteiger charge is 2.46. The zero-order chi connectivity index (χ0) is 15.6. The number of ether oxygens (including phenoxy) is 1. The number of hydrogen-bond acceptors (Lipinski definition) is 2. The second-order valence-corrected chi connectivity index (χ2v) is 7.85. The first-order chi connectivity index (χ1) is 10.6. The Morgan fingerprint density at radius 3 is 2.57 bits per heavy atom. The first-order valence-corrected chi connectivity index (χ1v) is 9.20. The lowest BCUT2D eigenvalue weighted by atomic mass is 9.79. The third-order valence-electron chi connectivity index (χ3n) is 4.94. The molecule has 2 aliphatic rings. The van der Waals surface area contributed by atoms with E-state index in [1.807, 2.05) is 0 Å². The molecule has 1 aliphatic carbocycles. The standard InChI is InChI=1S/C19H26BrNO.ClH/c1-21(2)13-7-8-17-16-14-15(20)9-10-18(16)22-19(17)11-5-3-4-6-12-19;/h7-10,14,17H,3-6,11-13H2,1-2H3;1H/b8-7+;. The monoisotopic (exact) mass is 399 g/mol. The summed E-state index contributed by atoms with van der Waals surface area (Å²) in [6.45, 7) is 0.982. The normalized spacial score (nSPS) is 22.7. The summed E-state index contributed by atoms with van der Waals surface area (Å²) in [5.41, 5.74) is 1.34. The van der Waals surface area contributed by atoms with Crippen LogP contribution in [0.3, 0.4) is 0 Å². The minimum Gasteiger partial charge on any atom is -0.486 e. The molecule has 0 bridgehead atoms. The van der Waals surface area contributed by atoms with Crippen molar-refractivity contribution in [2.75, 3.05) is 20.6 Å². The number of hydrogen-bond donors (Lipinski definition) is 0. The summed E-state index contributed by atoms with van der Waals surface area (Å²) in [6.07, 6.45) is 12.3. The number of nitrogens with zero attached hydrogens (tertiary/aromatic N) is 1. The lowest BCUT2D eigenvalue weighted by Gasteiger charge is -2.32. The quantitative estimate of drug-likeness (QED) is 0.616. The van der Waals surface area contributed by atoms with Crippen LogP contribution in [0.1, 0.15) is 50.0 Å². The maximum absolute atomic E-state index is 6.55. The molecule has 1 atom stereocenters. The molecule has 1 unspecified atom stereocenters. The molecule has 4 heteroatoms. The topological polar surface area (TPSA) is 12.5 Å². The van der Waals surface area contributed by atoms with E-state index in [0.29, 0.717) is 5.92 Å². The van der Waals surface area contributed by atoms with Crippen molar-refractivity contribution in [3.63, 3.8) is 0 Å².